The number of thiazole rings is 1. The Bertz CT molecular complexity index is 1000. The van der Waals surface area contributed by atoms with Crippen LogP contribution in [0.3, 0.4) is 0 Å². The zero-order valence-electron chi connectivity index (χ0n) is 14.5. The van der Waals surface area contributed by atoms with Crippen LogP contribution in [-0.2, 0) is 10.0 Å². The molecule has 0 amide bonds. The third-order valence-corrected chi connectivity index (χ3v) is 5.19. The van der Waals surface area contributed by atoms with Gasteiger partial charge in [0.2, 0.25) is 10.0 Å². The van der Waals surface area contributed by atoms with Crippen LogP contribution in [0, 0.1) is 0 Å². The molecule has 27 heavy (non-hydrogen) atoms. The molecule has 2 N–H and O–H groups in total. The SMILES string of the molecule is CS(=O)(=O)Nc1ccc(OCCNc2nc(-c3ccccc3Cl)cs2)cc1. The van der Waals surface area contributed by atoms with Gasteiger partial charge in [0.15, 0.2) is 5.13 Å². The summed E-state index contributed by atoms with van der Waals surface area (Å²) in [6.07, 6.45) is 1.11. The molecule has 0 atom stereocenters. The van der Waals surface area contributed by atoms with Gasteiger partial charge in [-0.05, 0) is 30.3 Å². The molecule has 6 nitrogen and oxygen atoms in total. The minimum atomic E-state index is -3.28. The maximum absolute atomic E-state index is 11.2. The zero-order valence-corrected chi connectivity index (χ0v) is 16.9. The van der Waals surface area contributed by atoms with Crippen LogP contribution >= 0.6 is 22.9 Å². The first-order chi connectivity index (χ1) is 12.9. The number of nitrogens with one attached hydrogen (secondary N) is 2. The van der Waals surface area contributed by atoms with E-state index in [1.165, 1.54) is 11.3 Å². The quantitative estimate of drug-likeness (QED) is 0.527. The first kappa shape index (κ1) is 19.5. The number of sulfonamides is 1. The molecular weight excluding hydrogens is 406 g/mol. The molecule has 2 aromatic carbocycles. The molecule has 1 aromatic heterocycles. The summed E-state index contributed by atoms with van der Waals surface area (Å²) in [5, 5.41) is 6.64. The second-order valence-corrected chi connectivity index (χ2v) is 8.71. The van der Waals surface area contributed by atoms with E-state index in [0.717, 1.165) is 22.6 Å². The molecule has 142 valence electrons. The van der Waals surface area contributed by atoms with Crippen molar-refractivity contribution in [1.82, 2.24) is 4.98 Å². The summed E-state index contributed by atoms with van der Waals surface area (Å²) in [4.78, 5) is 4.53. The minimum absolute atomic E-state index is 0.444. The number of anilines is 2. The molecule has 3 aromatic rings. The van der Waals surface area contributed by atoms with Gasteiger partial charge >= 0.3 is 0 Å². The van der Waals surface area contributed by atoms with E-state index in [-0.39, 0.29) is 0 Å². The van der Waals surface area contributed by atoms with Gasteiger partial charge in [-0.2, -0.15) is 0 Å². The predicted molar refractivity (Wildman–Crippen MR) is 111 cm³/mol. The van der Waals surface area contributed by atoms with Gasteiger partial charge in [-0.15, -0.1) is 11.3 Å². The summed E-state index contributed by atoms with van der Waals surface area (Å²) >= 11 is 7.70. The van der Waals surface area contributed by atoms with E-state index in [0.29, 0.717) is 29.6 Å². The van der Waals surface area contributed by atoms with Gasteiger partial charge in [0.1, 0.15) is 12.4 Å². The summed E-state index contributed by atoms with van der Waals surface area (Å²) in [6.45, 7) is 1.03. The molecule has 9 heteroatoms. The van der Waals surface area contributed by atoms with E-state index in [2.05, 4.69) is 15.0 Å². The number of nitrogens with zero attached hydrogens (tertiary/aromatic N) is 1. The van der Waals surface area contributed by atoms with Crippen molar-refractivity contribution in [3.8, 4) is 17.0 Å². The van der Waals surface area contributed by atoms with Crippen LogP contribution < -0.4 is 14.8 Å². The number of rotatable bonds is 8. The monoisotopic (exact) mass is 423 g/mol. The van der Waals surface area contributed by atoms with Crippen LogP contribution in [0.4, 0.5) is 10.8 Å². The van der Waals surface area contributed by atoms with E-state index in [9.17, 15) is 8.42 Å². The lowest BCUT2D eigenvalue weighted by molar-refractivity contribution is 0.333. The number of hydrogen-bond donors (Lipinski definition) is 2. The molecule has 0 unspecified atom stereocenters. The second kappa shape index (κ2) is 8.60. The molecule has 3 rings (SSSR count). The normalized spacial score (nSPS) is 11.2. The Morgan fingerprint density at radius 2 is 1.89 bits per heavy atom. The van der Waals surface area contributed by atoms with E-state index in [1.807, 2.05) is 29.6 Å². The van der Waals surface area contributed by atoms with Crippen molar-refractivity contribution < 1.29 is 13.2 Å². The van der Waals surface area contributed by atoms with Gasteiger partial charge in [-0.25, -0.2) is 13.4 Å². The summed E-state index contributed by atoms with van der Waals surface area (Å²) in [5.41, 5.74) is 2.24. The highest BCUT2D eigenvalue weighted by Gasteiger charge is 2.07. The molecular formula is C18H18ClN3O3S2. The zero-order chi connectivity index (χ0) is 19.3. The number of halogens is 1. The van der Waals surface area contributed by atoms with Gasteiger partial charge in [0.25, 0.3) is 0 Å². The van der Waals surface area contributed by atoms with Crippen molar-refractivity contribution in [3.05, 3.63) is 58.9 Å². The predicted octanol–water partition coefficient (Wildman–Crippen LogP) is 4.33. The molecule has 1 heterocycles. The van der Waals surface area contributed by atoms with Crippen molar-refractivity contribution in [2.24, 2.45) is 0 Å². The molecule has 0 fully saturated rings. The molecule has 0 radical (unpaired) electrons. The lowest BCUT2D eigenvalue weighted by atomic mass is 10.2. The van der Waals surface area contributed by atoms with Gasteiger partial charge in [0, 0.05) is 21.7 Å². The first-order valence-electron chi connectivity index (χ1n) is 8.06. The summed E-state index contributed by atoms with van der Waals surface area (Å²) in [7, 11) is -3.28. The molecule has 0 aliphatic heterocycles. The average molecular weight is 424 g/mol. The van der Waals surface area contributed by atoms with Crippen LogP contribution in [0.15, 0.2) is 53.9 Å². The van der Waals surface area contributed by atoms with Crippen molar-refractivity contribution in [2.45, 2.75) is 0 Å². The van der Waals surface area contributed by atoms with E-state index < -0.39 is 10.0 Å². The van der Waals surface area contributed by atoms with Crippen LogP contribution in [0.1, 0.15) is 0 Å². The van der Waals surface area contributed by atoms with Crippen LogP contribution in [0.25, 0.3) is 11.3 Å². The second-order valence-electron chi connectivity index (χ2n) is 5.69. The van der Waals surface area contributed by atoms with Crippen LogP contribution in [0.2, 0.25) is 5.02 Å². The standard InChI is InChI=1S/C18H18ClN3O3S2/c1-27(23,24)22-13-6-8-14(9-7-13)25-11-10-20-18-21-17(12-26-18)15-4-2-3-5-16(15)19/h2-9,12,22H,10-11H2,1H3,(H,20,21). The first-order valence-corrected chi connectivity index (χ1v) is 11.2. The number of hydrogen-bond acceptors (Lipinski definition) is 6. The lowest BCUT2D eigenvalue weighted by Crippen LogP contribution is -2.11. The fraction of sp³-hybridized carbons (Fsp3) is 0.167. The molecule has 0 spiro atoms. The third kappa shape index (κ3) is 5.85. The van der Waals surface area contributed by atoms with Crippen molar-refractivity contribution >= 4 is 43.8 Å². The Kier molecular flexibility index (Phi) is 6.20. The highest BCUT2D eigenvalue weighted by molar-refractivity contribution is 7.92. The summed E-state index contributed by atoms with van der Waals surface area (Å²) < 4.78 is 30.4. The lowest BCUT2D eigenvalue weighted by Gasteiger charge is -2.08. The number of aromatic nitrogens is 1. The fourth-order valence-electron chi connectivity index (χ4n) is 2.31. The average Bonchev–Trinajstić information content (AvgIpc) is 3.08. The molecule has 0 saturated heterocycles. The number of ether oxygens (including phenoxy) is 1. The maximum atomic E-state index is 11.2. The van der Waals surface area contributed by atoms with Crippen molar-refractivity contribution in [3.63, 3.8) is 0 Å². The summed E-state index contributed by atoms with van der Waals surface area (Å²) in [5.74, 6) is 0.659. The van der Waals surface area contributed by atoms with E-state index >= 15 is 0 Å². The highest BCUT2D eigenvalue weighted by atomic mass is 35.5. The minimum Gasteiger partial charge on any atom is -0.492 e. The van der Waals surface area contributed by atoms with Crippen LogP contribution in [-0.4, -0.2) is 32.8 Å². The maximum Gasteiger partial charge on any atom is 0.229 e. The van der Waals surface area contributed by atoms with Crippen LogP contribution in [0.5, 0.6) is 5.75 Å². The Hall–Kier alpha value is -2.29. The Balaban J connectivity index is 1.47. The van der Waals surface area contributed by atoms with E-state index in [4.69, 9.17) is 16.3 Å². The van der Waals surface area contributed by atoms with Crippen molar-refractivity contribution in [2.75, 3.05) is 29.4 Å². The highest BCUT2D eigenvalue weighted by Crippen LogP contribution is 2.30. The van der Waals surface area contributed by atoms with Gasteiger partial charge in [-0.3, -0.25) is 4.72 Å². The molecule has 0 aliphatic carbocycles. The van der Waals surface area contributed by atoms with Gasteiger partial charge < -0.3 is 10.1 Å². The molecule has 0 aliphatic rings. The molecule has 0 bridgehead atoms. The van der Waals surface area contributed by atoms with E-state index in [1.54, 1.807) is 24.3 Å². The Labute approximate surface area is 167 Å². The van der Waals surface area contributed by atoms with Gasteiger partial charge in [0.05, 0.1) is 18.5 Å². The topological polar surface area (TPSA) is 80.3 Å². The largest absolute Gasteiger partial charge is 0.492 e. The Morgan fingerprint density at radius 3 is 2.59 bits per heavy atom. The third-order valence-electron chi connectivity index (χ3n) is 3.46. The Morgan fingerprint density at radius 1 is 1.15 bits per heavy atom. The summed E-state index contributed by atoms with van der Waals surface area (Å²) in [6, 6.07) is 14.3. The fourth-order valence-corrected chi connectivity index (χ4v) is 3.84. The number of benzene rings is 2. The smallest absolute Gasteiger partial charge is 0.229 e. The molecule has 0 saturated carbocycles. The van der Waals surface area contributed by atoms with Crippen molar-refractivity contribution in [1.29, 1.82) is 0 Å². The van der Waals surface area contributed by atoms with Gasteiger partial charge in [-0.1, -0.05) is 29.8 Å².